The third-order valence-corrected chi connectivity index (χ3v) is 5.61. The maximum Gasteiger partial charge on any atom is 0.364 e. The number of furan rings is 1. The van der Waals surface area contributed by atoms with E-state index >= 15 is 0 Å². The van der Waals surface area contributed by atoms with Crippen molar-refractivity contribution in [1.82, 2.24) is 20.2 Å². The van der Waals surface area contributed by atoms with Gasteiger partial charge in [-0.2, -0.15) is 13.9 Å². The highest BCUT2D eigenvalue weighted by molar-refractivity contribution is 6.24. The number of ether oxygens (including phenoxy) is 1. The minimum Gasteiger partial charge on any atom is -0.463 e. The molecule has 3 aromatic rings. The molecule has 2 N–H and O–H groups in total. The Morgan fingerprint density at radius 3 is 2.70 bits per heavy atom. The van der Waals surface area contributed by atoms with Gasteiger partial charge in [0.15, 0.2) is 11.6 Å². The van der Waals surface area contributed by atoms with E-state index < -0.39 is 29.0 Å². The summed E-state index contributed by atoms with van der Waals surface area (Å²) >= 11 is 5.36. The van der Waals surface area contributed by atoms with Crippen LogP contribution in [0, 0.1) is 0 Å². The van der Waals surface area contributed by atoms with Crippen LogP contribution >= 0.6 is 11.6 Å². The average molecular weight is 529 g/mol. The number of halogens is 3. The molecule has 10 nitrogen and oxygen atoms in total. The van der Waals surface area contributed by atoms with Crippen molar-refractivity contribution in [3.05, 3.63) is 89.9 Å². The summed E-state index contributed by atoms with van der Waals surface area (Å²) in [6, 6.07) is 10.8. The molecule has 13 heteroatoms. The number of anilines is 1. The van der Waals surface area contributed by atoms with Crippen LogP contribution in [0.5, 0.6) is 0 Å². The number of esters is 1. The number of hydrogen-bond acceptors (Lipinski definition) is 8. The summed E-state index contributed by atoms with van der Waals surface area (Å²) in [5.74, 6) is -1.03. The minimum atomic E-state index is -3.78. The molecule has 2 aromatic heterocycles. The molecule has 0 bridgehead atoms. The van der Waals surface area contributed by atoms with Crippen LogP contribution in [0.1, 0.15) is 23.0 Å². The van der Waals surface area contributed by atoms with Crippen molar-refractivity contribution in [2.45, 2.75) is 18.3 Å². The first-order valence-electron chi connectivity index (χ1n) is 11.1. The van der Waals surface area contributed by atoms with Gasteiger partial charge in [-0.1, -0.05) is 18.2 Å². The lowest BCUT2D eigenvalue weighted by atomic mass is 10.2. The van der Waals surface area contributed by atoms with Crippen molar-refractivity contribution < 1.29 is 27.5 Å². The zero-order valence-corrected chi connectivity index (χ0v) is 19.9. The average Bonchev–Trinajstić information content (AvgIpc) is 3.63. The fourth-order valence-electron chi connectivity index (χ4n) is 3.78. The number of carbonyl (C=O) groups excluding carboxylic acids is 2. The minimum absolute atomic E-state index is 0.0200. The molecule has 1 aromatic carbocycles. The first-order chi connectivity index (χ1) is 17.8. The monoisotopic (exact) mass is 528 g/mol. The molecule has 2 aliphatic rings. The van der Waals surface area contributed by atoms with E-state index in [0.717, 1.165) is 11.1 Å². The molecule has 0 fully saturated rings. The molecule has 0 spiro atoms. The molecule has 0 saturated carbocycles. The number of nitrogens with one attached hydrogen (secondary N) is 2. The number of para-hydroxylation sites is 1. The van der Waals surface area contributed by atoms with Crippen molar-refractivity contribution in [1.29, 1.82) is 0 Å². The van der Waals surface area contributed by atoms with Gasteiger partial charge in [0, 0.05) is 0 Å². The Labute approximate surface area is 213 Å². The van der Waals surface area contributed by atoms with E-state index in [1.165, 1.54) is 23.2 Å². The van der Waals surface area contributed by atoms with Crippen LogP contribution in [-0.4, -0.2) is 50.4 Å². The molecule has 0 radical (unpaired) electrons. The molecule has 37 heavy (non-hydrogen) atoms. The number of carbonyl (C=O) groups is 2. The SMILES string of the molecule is CCOC(=O)c1cnn(-c2ccccc2)c1NC(=O)C1C=C2N=C(c3ccco3)C=C(C(F)(F)Cl)N2N1. The molecule has 0 saturated heterocycles. The quantitative estimate of drug-likeness (QED) is 0.354. The number of alkyl halides is 3. The van der Waals surface area contributed by atoms with E-state index in [1.54, 1.807) is 49.4 Å². The van der Waals surface area contributed by atoms with Gasteiger partial charge < -0.3 is 14.5 Å². The number of rotatable bonds is 7. The molecular formula is C24H19ClF2N6O4. The van der Waals surface area contributed by atoms with Gasteiger partial charge in [-0.05, 0) is 54.9 Å². The summed E-state index contributed by atoms with van der Waals surface area (Å²) in [7, 11) is 0. The normalized spacial score (nSPS) is 17.0. The largest absolute Gasteiger partial charge is 0.463 e. The van der Waals surface area contributed by atoms with Gasteiger partial charge in [0.25, 0.3) is 0 Å². The third kappa shape index (κ3) is 4.76. The second kappa shape index (κ2) is 9.64. The Bertz CT molecular complexity index is 1430. The Morgan fingerprint density at radius 1 is 1.24 bits per heavy atom. The molecule has 0 aliphatic carbocycles. The van der Waals surface area contributed by atoms with E-state index in [-0.39, 0.29) is 35.3 Å². The van der Waals surface area contributed by atoms with Gasteiger partial charge >= 0.3 is 11.4 Å². The fraction of sp³-hybridized carbons (Fsp3) is 0.167. The Kier molecular flexibility index (Phi) is 6.36. The van der Waals surface area contributed by atoms with Crippen LogP contribution in [0.2, 0.25) is 0 Å². The molecular weight excluding hydrogens is 510 g/mol. The first-order valence-corrected chi connectivity index (χ1v) is 11.4. The number of aliphatic imine (C=N–C) groups is 1. The highest BCUT2D eigenvalue weighted by atomic mass is 35.5. The second-order valence-electron chi connectivity index (χ2n) is 7.83. The summed E-state index contributed by atoms with van der Waals surface area (Å²) in [6.07, 6.45) is 5.07. The van der Waals surface area contributed by atoms with E-state index in [2.05, 4.69) is 20.8 Å². The van der Waals surface area contributed by atoms with Crippen LogP contribution in [0.3, 0.4) is 0 Å². The standard InChI is InChI=1S/C24H19ClF2N6O4/c1-2-36-23(35)15-13-28-32(14-7-4-3-5-8-14)21(15)30-22(34)17-12-20-29-16(18-9-6-10-37-18)11-19(24(25,26)27)33(20)31-17/h3-13,17,31H,2H2,1H3,(H,30,34). The van der Waals surface area contributed by atoms with Crippen molar-refractivity contribution in [3.63, 3.8) is 0 Å². The Hall–Kier alpha value is -4.29. The Balaban J connectivity index is 1.47. The number of amides is 1. The number of hydrazine groups is 1. The smallest absolute Gasteiger partial charge is 0.364 e. The van der Waals surface area contributed by atoms with Crippen LogP contribution in [0.15, 0.2) is 88.0 Å². The van der Waals surface area contributed by atoms with E-state index in [9.17, 15) is 18.4 Å². The van der Waals surface area contributed by atoms with Gasteiger partial charge in [-0.3, -0.25) is 9.80 Å². The van der Waals surface area contributed by atoms with Crippen molar-refractivity contribution in [2.24, 2.45) is 4.99 Å². The van der Waals surface area contributed by atoms with Gasteiger partial charge in [0.05, 0.1) is 24.8 Å². The number of nitrogens with zero attached hydrogens (tertiary/aromatic N) is 4. The highest BCUT2D eigenvalue weighted by Gasteiger charge is 2.43. The molecule has 1 amide bonds. The Morgan fingerprint density at radius 2 is 2.03 bits per heavy atom. The van der Waals surface area contributed by atoms with Gasteiger partial charge in [0.1, 0.15) is 28.8 Å². The number of allylic oxidation sites excluding steroid dienone is 2. The number of hydrogen-bond donors (Lipinski definition) is 2. The van der Waals surface area contributed by atoms with E-state index in [0.29, 0.717) is 5.69 Å². The molecule has 1 unspecified atom stereocenters. The van der Waals surface area contributed by atoms with E-state index in [1.807, 2.05) is 0 Å². The van der Waals surface area contributed by atoms with E-state index in [4.69, 9.17) is 20.8 Å². The summed E-state index contributed by atoms with van der Waals surface area (Å²) in [5, 5.41) is 4.03. The molecule has 1 atom stereocenters. The zero-order valence-electron chi connectivity index (χ0n) is 19.2. The van der Waals surface area contributed by atoms with Crippen LogP contribution < -0.4 is 10.7 Å². The van der Waals surface area contributed by atoms with Crippen molar-refractivity contribution in [3.8, 4) is 5.69 Å². The predicted octanol–water partition coefficient (Wildman–Crippen LogP) is 3.83. The molecule has 190 valence electrons. The molecule has 2 aliphatic heterocycles. The van der Waals surface area contributed by atoms with Gasteiger partial charge in [-0.25, -0.2) is 19.9 Å². The lowest BCUT2D eigenvalue weighted by Gasteiger charge is -2.29. The van der Waals surface area contributed by atoms with Crippen molar-refractivity contribution in [2.75, 3.05) is 11.9 Å². The number of benzene rings is 1. The molecule has 4 heterocycles. The van der Waals surface area contributed by atoms with Crippen LogP contribution in [0.4, 0.5) is 14.6 Å². The summed E-state index contributed by atoms with van der Waals surface area (Å²) < 4.78 is 40.3. The summed E-state index contributed by atoms with van der Waals surface area (Å²) in [4.78, 5) is 30.1. The maximum absolute atomic E-state index is 14.3. The fourth-order valence-corrected chi connectivity index (χ4v) is 3.91. The number of aromatic nitrogens is 2. The number of fused-ring (bicyclic) bond motifs is 1. The molecule has 5 rings (SSSR count). The van der Waals surface area contributed by atoms with Crippen LogP contribution in [0.25, 0.3) is 5.69 Å². The second-order valence-corrected chi connectivity index (χ2v) is 8.31. The lowest BCUT2D eigenvalue weighted by Crippen LogP contribution is -2.46. The zero-order chi connectivity index (χ0) is 26.2. The first kappa shape index (κ1) is 24.4. The third-order valence-electron chi connectivity index (χ3n) is 5.42. The highest BCUT2D eigenvalue weighted by Crippen LogP contribution is 2.37. The van der Waals surface area contributed by atoms with Crippen LogP contribution in [-0.2, 0) is 9.53 Å². The van der Waals surface area contributed by atoms with Gasteiger partial charge in [-0.15, -0.1) is 0 Å². The predicted molar refractivity (Wildman–Crippen MR) is 129 cm³/mol. The topological polar surface area (TPSA) is 114 Å². The summed E-state index contributed by atoms with van der Waals surface area (Å²) in [5.41, 5.74) is 2.74. The van der Waals surface area contributed by atoms with Gasteiger partial charge in [0.2, 0.25) is 5.91 Å². The van der Waals surface area contributed by atoms with Crippen molar-refractivity contribution >= 4 is 35.0 Å². The summed E-state index contributed by atoms with van der Waals surface area (Å²) in [6.45, 7) is 1.77. The maximum atomic E-state index is 14.3. The lowest BCUT2D eigenvalue weighted by molar-refractivity contribution is -0.117.